The molecule has 0 bridgehead atoms. The zero-order valence-electron chi connectivity index (χ0n) is 9.90. The molecule has 2 aromatic rings. The van der Waals surface area contributed by atoms with Gasteiger partial charge in [0.15, 0.2) is 0 Å². The van der Waals surface area contributed by atoms with Crippen molar-refractivity contribution in [2.45, 2.75) is 13.0 Å². The van der Waals surface area contributed by atoms with Gasteiger partial charge in [-0.1, -0.05) is 42.5 Å². The van der Waals surface area contributed by atoms with Gasteiger partial charge in [0.25, 0.3) is 0 Å². The summed E-state index contributed by atoms with van der Waals surface area (Å²) in [6.45, 7) is 0.603. The van der Waals surface area contributed by atoms with Crippen molar-refractivity contribution in [2.75, 3.05) is 0 Å². The summed E-state index contributed by atoms with van der Waals surface area (Å²) in [5.41, 5.74) is 3.80. The summed E-state index contributed by atoms with van der Waals surface area (Å²) in [5.74, 6) is 0.918. The van der Waals surface area contributed by atoms with Crippen LogP contribution in [0.5, 0.6) is 5.75 Å². The summed E-state index contributed by atoms with van der Waals surface area (Å²) in [6, 6.07) is 14.5. The maximum atomic E-state index is 5.87. The number of hydrogen-bond acceptors (Lipinski definition) is 1. The number of allylic oxidation sites excluding steroid dienone is 1. The van der Waals surface area contributed by atoms with E-state index in [1.54, 1.807) is 0 Å². The van der Waals surface area contributed by atoms with E-state index in [1.807, 2.05) is 18.2 Å². The van der Waals surface area contributed by atoms with Gasteiger partial charge in [-0.25, -0.2) is 0 Å². The summed E-state index contributed by atoms with van der Waals surface area (Å²) >= 11 is 3.56. The Hall–Kier alpha value is -1.54. The Morgan fingerprint density at radius 1 is 1.11 bits per heavy atom. The molecule has 0 amide bonds. The second kappa shape index (κ2) is 4.99. The first-order chi connectivity index (χ1) is 8.83. The van der Waals surface area contributed by atoms with Crippen LogP contribution in [0.4, 0.5) is 0 Å². The summed E-state index contributed by atoms with van der Waals surface area (Å²) in [7, 11) is 0. The molecule has 1 aliphatic rings. The molecule has 2 heteroatoms. The SMILES string of the molecule is Brc1cc2c(cc1OCc1ccccc1)CC=C2. The van der Waals surface area contributed by atoms with Gasteiger partial charge >= 0.3 is 0 Å². The van der Waals surface area contributed by atoms with E-state index >= 15 is 0 Å². The van der Waals surface area contributed by atoms with Crippen molar-refractivity contribution >= 4 is 22.0 Å². The highest BCUT2D eigenvalue weighted by Crippen LogP contribution is 2.32. The van der Waals surface area contributed by atoms with E-state index in [-0.39, 0.29) is 0 Å². The average molecular weight is 301 g/mol. The smallest absolute Gasteiger partial charge is 0.134 e. The van der Waals surface area contributed by atoms with Gasteiger partial charge in [0, 0.05) is 0 Å². The van der Waals surface area contributed by atoms with Crippen LogP contribution < -0.4 is 4.74 Å². The summed E-state index contributed by atoms with van der Waals surface area (Å²) in [6.07, 6.45) is 5.34. The maximum absolute atomic E-state index is 5.87. The summed E-state index contributed by atoms with van der Waals surface area (Å²) in [5, 5.41) is 0. The van der Waals surface area contributed by atoms with E-state index < -0.39 is 0 Å². The molecule has 1 aliphatic carbocycles. The molecule has 0 saturated heterocycles. The van der Waals surface area contributed by atoms with Gasteiger partial charge in [0.05, 0.1) is 4.47 Å². The molecule has 0 radical (unpaired) electrons. The molecule has 0 unspecified atom stereocenters. The largest absolute Gasteiger partial charge is 0.488 e. The van der Waals surface area contributed by atoms with Crippen molar-refractivity contribution in [1.82, 2.24) is 0 Å². The topological polar surface area (TPSA) is 9.23 Å². The highest BCUT2D eigenvalue weighted by atomic mass is 79.9. The number of benzene rings is 2. The van der Waals surface area contributed by atoms with Gasteiger partial charge in [-0.3, -0.25) is 0 Å². The molecule has 1 nitrogen and oxygen atoms in total. The molecular formula is C16H13BrO. The number of ether oxygens (including phenoxy) is 1. The quantitative estimate of drug-likeness (QED) is 0.805. The number of rotatable bonds is 3. The lowest BCUT2D eigenvalue weighted by Gasteiger charge is -2.10. The van der Waals surface area contributed by atoms with E-state index in [0.717, 1.165) is 16.6 Å². The molecule has 0 heterocycles. The lowest BCUT2D eigenvalue weighted by Crippen LogP contribution is -1.97. The van der Waals surface area contributed by atoms with Gasteiger partial charge in [0.2, 0.25) is 0 Å². The second-order valence-corrected chi connectivity index (χ2v) is 5.22. The van der Waals surface area contributed by atoms with Crippen molar-refractivity contribution in [2.24, 2.45) is 0 Å². The Morgan fingerprint density at radius 2 is 1.94 bits per heavy atom. The molecule has 0 fully saturated rings. The van der Waals surface area contributed by atoms with Crippen molar-refractivity contribution in [1.29, 1.82) is 0 Å². The fraction of sp³-hybridized carbons (Fsp3) is 0.125. The van der Waals surface area contributed by atoms with Gasteiger partial charge in [-0.05, 0) is 51.2 Å². The number of hydrogen-bond donors (Lipinski definition) is 0. The van der Waals surface area contributed by atoms with Crippen molar-refractivity contribution in [3.8, 4) is 5.75 Å². The van der Waals surface area contributed by atoms with Crippen molar-refractivity contribution in [3.63, 3.8) is 0 Å². The normalized spacial score (nSPS) is 12.5. The predicted octanol–water partition coefficient (Wildman–Crippen LogP) is 4.60. The Bertz CT molecular complexity index is 588. The zero-order valence-corrected chi connectivity index (χ0v) is 11.5. The molecule has 0 atom stereocenters. The molecule has 3 rings (SSSR count). The van der Waals surface area contributed by atoms with Crippen molar-refractivity contribution < 1.29 is 4.74 Å². The van der Waals surface area contributed by atoms with E-state index in [2.05, 4.69) is 52.3 Å². The first-order valence-electron chi connectivity index (χ1n) is 5.98. The maximum Gasteiger partial charge on any atom is 0.134 e. The fourth-order valence-corrected chi connectivity index (χ4v) is 2.58. The van der Waals surface area contributed by atoms with Gasteiger partial charge < -0.3 is 4.74 Å². The van der Waals surface area contributed by atoms with Crippen LogP contribution in [0.1, 0.15) is 16.7 Å². The van der Waals surface area contributed by atoms with E-state index in [0.29, 0.717) is 6.61 Å². The number of halogens is 1. The average Bonchev–Trinajstić information content (AvgIpc) is 2.84. The Morgan fingerprint density at radius 3 is 2.78 bits per heavy atom. The van der Waals surface area contributed by atoms with E-state index in [1.165, 1.54) is 16.7 Å². The van der Waals surface area contributed by atoms with Crippen LogP contribution in [-0.2, 0) is 13.0 Å². The van der Waals surface area contributed by atoms with Gasteiger partial charge in [-0.2, -0.15) is 0 Å². The predicted molar refractivity (Wildman–Crippen MR) is 77.7 cm³/mol. The second-order valence-electron chi connectivity index (χ2n) is 4.36. The van der Waals surface area contributed by atoms with Crippen LogP contribution in [0.3, 0.4) is 0 Å². The van der Waals surface area contributed by atoms with Gasteiger partial charge in [0.1, 0.15) is 12.4 Å². The standard InChI is InChI=1S/C16H13BrO/c17-15-9-13-7-4-8-14(13)10-16(15)18-11-12-5-2-1-3-6-12/h1-7,9-10H,8,11H2. The van der Waals surface area contributed by atoms with Crippen LogP contribution in [0, 0.1) is 0 Å². The minimum Gasteiger partial charge on any atom is -0.488 e. The third-order valence-corrected chi connectivity index (χ3v) is 3.69. The van der Waals surface area contributed by atoms with Crippen LogP contribution in [0.2, 0.25) is 0 Å². The minimum absolute atomic E-state index is 0.603. The lowest BCUT2D eigenvalue weighted by atomic mass is 10.1. The summed E-state index contributed by atoms with van der Waals surface area (Å²) in [4.78, 5) is 0. The zero-order chi connectivity index (χ0) is 12.4. The highest BCUT2D eigenvalue weighted by molar-refractivity contribution is 9.10. The van der Waals surface area contributed by atoms with Crippen LogP contribution >= 0.6 is 15.9 Å². The summed E-state index contributed by atoms with van der Waals surface area (Å²) < 4.78 is 6.89. The fourth-order valence-electron chi connectivity index (χ4n) is 2.10. The molecule has 0 aliphatic heterocycles. The van der Waals surface area contributed by atoms with Gasteiger partial charge in [-0.15, -0.1) is 0 Å². The van der Waals surface area contributed by atoms with Crippen molar-refractivity contribution in [3.05, 3.63) is 69.7 Å². The van der Waals surface area contributed by atoms with E-state index in [9.17, 15) is 0 Å². The Labute approximate surface area is 115 Å². The first kappa shape index (κ1) is 11.5. The lowest BCUT2D eigenvalue weighted by molar-refractivity contribution is 0.304. The minimum atomic E-state index is 0.603. The molecule has 0 spiro atoms. The molecule has 0 aromatic heterocycles. The first-order valence-corrected chi connectivity index (χ1v) is 6.78. The number of fused-ring (bicyclic) bond motifs is 1. The third kappa shape index (κ3) is 2.34. The highest BCUT2D eigenvalue weighted by Gasteiger charge is 2.10. The molecule has 18 heavy (non-hydrogen) atoms. The van der Waals surface area contributed by atoms with Crippen LogP contribution in [-0.4, -0.2) is 0 Å². The molecule has 90 valence electrons. The van der Waals surface area contributed by atoms with Crippen LogP contribution in [0.25, 0.3) is 6.08 Å². The Balaban J connectivity index is 1.78. The molecule has 0 N–H and O–H groups in total. The van der Waals surface area contributed by atoms with Crippen LogP contribution in [0.15, 0.2) is 53.0 Å². The third-order valence-electron chi connectivity index (χ3n) is 3.07. The molecule has 0 saturated carbocycles. The Kier molecular flexibility index (Phi) is 3.20. The van der Waals surface area contributed by atoms with E-state index in [4.69, 9.17) is 4.74 Å². The monoisotopic (exact) mass is 300 g/mol. The molecule has 2 aromatic carbocycles. The molecular weight excluding hydrogens is 288 g/mol.